The first-order valence-electron chi connectivity index (χ1n) is 9.89. The molecular weight excluding hydrogens is 312 g/mol. The van der Waals surface area contributed by atoms with Gasteiger partial charge in [-0.2, -0.15) is 0 Å². The molecule has 0 saturated heterocycles. The molecule has 4 atom stereocenters. The molecule has 0 heterocycles. The van der Waals surface area contributed by atoms with E-state index in [0.717, 1.165) is 13.0 Å². The standard InChI is InChI=1S/C21H40O2Si/c1-15-16(14-23-24(8,9)19(2,3)4)21(7)12-10-11-20(5,6)18(21)13-17(15)22/h15-16,18H,10-14H2,1-9H3/t15-,16-,18?,21+/m0/s1. The molecule has 0 N–H and O–H groups in total. The molecule has 0 amide bonds. The Labute approximate surface area is 151 Å². The van der Waals surface area contributed by atoms with Gasteiger partial charge in [0.25, 0.3) is 0 Å². The highest BCUT2D eigenvalue weighted by atomic mass is 28.4. The first-order chi connectivity index (χ1) is 10.7. The highest BCUT2D eigenvalue weighted by Gasteiger charge is 2.56. The van der Waals surface area contributed by atoms with Gasteiger partial charge in [-0.25, -0.2) is 0 Å². The van der Waals surface area contributed by atoms with E-state index < -0.39 is 8.32 Å². The number of carbonyl (C=O) groups is 1. The van der Waals surface area contributed by atoms with Gasteiger partial charge < -0.3 is 4.43 Å². The van der Waals surface area contributed by atoms with E-state index in [9.17, 15) is 4.79 Å². The Morgan fingerprint density at radius 1 is 1.17 bits per heavy atom. The van der Waals surface area contributed by atoms with Crippen molar-refractivity contribution < 1.29 is 9.22 Å². The number of fused-ring (bicyclic) bond motifs is 1. The van der Waals surface area contributed by atoms with E-state index >= 15 is 0 Å². The van der Waals surface area contributed by atoms with Crippen molar-refractivity contribution in [2.75, 3.05) is 6.61 Å². The van der Waals surface area contributed by atoms with Crippen molar-refractivity contribution in [3.63, 3.8) is 0 Å². The fraction of sp³-hybridized carbons (Fsp3) is 0.952. The molecule has 2 aliphatic carbocycles. The molecule has 0 aromatic rings. The van der Waals surface area contributed by atoms with Gasteiger partial charge >= 0.3 is 0 Å². The Bertz CT molecular complexity index is 489. The van der Waals surface area contributed by atoms with Crippen LogP contribution in [0.15, 0.2) is 0 Å². The van der Waals surface area contributed by atoms with E-state index in [1.807, 2.05) is 0 Å². The van der Waals surface area contributed by atoms with Crippen LogP contribution in [0, 0.1) is 28.6 Å². The summed E-state index contributed by atoms with van der Waals surface area (Å²) >= 11 is 0. The van der Waals surface area contributed by atoms with Crippen LogP contribution < -0.4 is 0 Å². The van der Waals surface area contributed by atoms with Crippen molar-refractivity contribution in [3.05, 3.63) is 0 Å². The van der Waals surface area contributed by atoms with E-state index in [1.165, 1.54) is 19.3 Å². The summed E-state index contributed by atoms with van der Waals surface area (Å²) in [5.74, 6) is 1.49. The van der Waals surface area contributed by atoms with Crippen molar-refractivity contribution in [1.29, 1.82) is 0 Å². The monoisotopic (exact) mass is 352 g/mol. The van der Waals surface area contributed by atoms with Gasteiger partial charge in [0, 0.05) is 18.9 Å². The van der Waals surface area contributed by atoms with Crippen molar-refractivity contribution >= 4 is 14.1 Å². The average Bonchev–Trinajstić information content (AvgIpc) is 2.40. The highest BCUT2D eigenvalue weighted by molar-refractivity contribution is 6.74. The summed E-state index contributed by atoms with van der Waals surface area (Å²) in [6.07, 6.45) is 4.58. The normalized spacial score (nSPS) is 37.2. The van der Waals surface area contributed by atoms with E-state index in [0.29, 0.717) is 17.6 Å². The molecular formula is C21H40O2Si. The number of hydrogen-bond acceptors (Lipinski definition) is 2. The quantitative estimate of drug-likeness (QED) is 0.576. The van der Waals surface area contributed by atoms with Crippen LogP contribution in [0.25, 0.3) is 0 Å². The lowest BCUT2D eigenvalue weighted by Crippen LogP contribution is -2.56. The van der Waals surface area contributed by atoms with Crippen molar-refractivity contribution in [3.8, 4) is 0 Å². The lowest BCUT2D eigenvalue weighted by Gasteiger charge is -2.58. The van der Waals surface area contributed by atoms with Crippen LogP contribution in [0.2, 0.25) is 18.1 Å². The number of carbonyl (C=O) groups excluding carboxylic acids is 1. The first-order valence-corrected chi connectivity index (χ1v) is 12.8. The summed E-state index contributed by atoms with van der Waals surface area (Å²) in [5, 5.41) is 0.223. The van der Waals surface area contributed by atoms with Crippen molar-refractivity contribution in [1.82, 2.24) is 0 Å². The molecule has 24 heavy (non-hydrogen) atoms. The minimum atomic E-state index is -1.78. The van der Waals surface area contributed by atoms with Crippen LogP contribution in [-0.4, -0.2) is 20.7 Å². The fourth-order valence-electron chi connectivity index (χ4n) is 5.15. The third kappa shape index (κ3) is 3.40. The summed E-state index contributed by atoms with van der Waals surface area (Å²) < 4.78 is 6.62. The average molecular weight is 353 g/mol. The summed E-state index contributed by atoms with van der Waals surface area (Å²) in [5.41, 5.74) is 0.523. The molecule has 0 aromatic carbocycles. The first kappa shape index (κ1) is 20.2. The Morgan fingerprint density at radius 2 is 1.75 bits per heavy atom. The second-order valence-corrected chi connectivity index (χ2v) is 15.8. The largest absolute Gasteiger partial charge is 0.417 e. The zero-order valence-electron chi connectivity index (χ0n) is 17.6. The lowest BCUT2D eigenvalue weighted by molar-refractivity contribution is -0.151. The number of ketones is 1. The molecule has 2 aliphatic rings. The van der Waals surface area contributed by atoms with Gasteiger partial charge in [-0.05, 0) is 53.6 Å². The Balaban J connectivity index is 2.27. The van der Waals surface area contributed by atoms with Crippen molar-refractivity contribution in [2.45, 2.75) is 92.3 Å². The lowest BCUT2D eigenvalue weighted by atomic mass is 9.46. The van der Waals surface area contributed by atoms with Crippen LogP contribution in [0.1, 0.15) is 74.1 Å². The molecule has 0 aliphatic heterocycles. The summed E-state index contributed by atoms with van der Waals surface area (Å²) in [4.78, 5) is 12.8. The maximum absolute atomic E-state index is 12.8. The highest BCUT2D eigenvalue weighted by Crippen LogP contribution is 2.60. The Kier molecular flexibility index (Phi) is 5.23. The second kappa shape index (κ2) is 6.23. The maximum atomic E-state index is 12.8. The zero-order chi connectivity index (χ0) is 18.6. The molecule has 2 rings (SSSR count). The molecule has 2 fully saturated rings. The molecule has 0 aromatic heterocycles. The molecule has 0 spiro atoms. The van der Waals surface area contributed by atoms with Gasteiger partial charge in [0.1, 0.15) is 5.78 Å². The van der Waals surface area contributed by atoms with Gasteiger partial charge in [-0.1, -0.05) is 54.9 Å². The molecule has 2 saturated carbocycles. The zero-order valence-corrected chi connectivity index (χ0v) is 18.6. The number of Topliss-reactive ketones (excluding diaryl/α,β-unsaturated/α-hetero) is 1. The van der Waals surface area contributed by atoms with Gasteiger partial charge in [-0.3, -0.25) is 4.79 Å². The van der Waals surface area contributed by atoms with Gasteiger partial charge in [0.15, 0.2) is 8.32 Å². The van der Waals surface area contributed by atoms with Gasteiger partial charge in [0.2, 0.25) is 0 Å². The topological polar surface area (TPSA) is 26.3 Å². The fourth-order valence-corrected chi connectivity index (χ4v) is 6.18. The van der Waals surface area contributed by atoms with E-state index in [-0.39, 0.29) is 21.8 Å². The van der Waals surface area contributed by atoms with E-state index in [4.69, 9.17) is 4.43 Å². The summed E-state index contributed by atoms with van der Waals surface area (Å²) in [6.45, 7) is 21.7. The number of hydrogen-bond donors (Lipinski definition) is 0. The molecule has 140 valence electrons. The SMILES string of the molecule is C[C@@H]1C(=O)CC2C(C)(C)CCC[C@]2(C)[C@H]1CO[Si](C)(C)C(C)(C)C. The Hall–Kier alpha value is -0.153. The minimum absolute atomic E-state index is 0.143. The Morgan fingerprint density at radius 3 is 2.29 bits per heavy atom. The summed E-state index contributed by atoms with van der Waals surface area (Å²) in [7, 11) is -1.78. The number of rotatable bonds is 3. The van der Waals surface area contributed by atoms with Crippen LogP contribution in [0.3, 0.4) is 0 Å². The van der Waals surface area contributed by atoms with Gasteiger partial charge in [-0.15, -0.1) is 0 Å². The molecule has 3 heteroatoms. The molecule has 1 unspecified atom stereocenters. The second-order valence-electron chi connectivity index (χ2n) is 11.0. The molecule has 0 bridgehead atoms. The smallest absolute Gasteiger partial charge is 0.191 e. The predicted molar refractivity (Wildman–Crippen MR) is 105 cm³/mol. The van der Waals surface area contributed by atoms with Gasteiger partial charge in [0.05, 0.1) is 0 Å². The van der Waals surface area contributed by atoms with Crippen molar-refractivity contribution in [2.24, 2.45) is 28.6 Å². The predicted octanol–water partition coefficient (Wildman–Crippen LogP) is 6.07. The van der Waals surface area contributed by atoms with Crippen LogP contribution in [0.5, 0.6) is 0 Å². The maximum Gasteiger partial charge on any atom is 0.191 e. The third-order valence-corrected chi connectivity index (χ3v) is 12.6. The third-order valence-electron chi connectivity index (χ3n) is 8.07. The van der Waals surface area contributed by atoms with Crippen LogP contribution in [0.4, 0.5) is 0 Å². The van der Waals surface area contributed by atoms with Crippen LogP contribution >= 0.6 is 0 Å². The van der Waals surface area contributed by atoms with E-state index in [2.05, 4.69) is 61.6 Å². The van der Waals surface area contributed by atoms with Crippen LogP contribution in [-0.2, 0) is 9.22 Å². The van der Waals surface area contributed by atoms with E-state index in [1.54, 1.807) is 0 Å². The molecule has 0 radical (unpaired) electrons. The molecule has 2 nitrogen and oxygen atoms in total. The summed E-state index contributed by atoms with van der Waals surface area (Å²) in [6, 6.07) is 0. The minimum Gasteiger partial charge on any atom is -0.417 e.